The number of urea groups is 1. The van der Waals surface area contributed by atoms with Gasteiger partial charge in [-0.25, -0.2) is 9.78 Å². The van der Waals surface area contributed by atoms with E-state index in [1.807, 2.05) is 15.8 Å². The van der Waals surface area contributed by atoms with Gasteiger partial charge in [-0.3, -0.25) is 29.3 Å². The van der Waals surface area contributed by atoms with Crippen molar-refractivity contribution in [1.29, 1.82) is 0 Å². The van der Waals surface area contributed by atoms with Crippen LogP contribution in [-0.4, -0.2) is 94.2 Å². The van der Waals surface area contributed by atoms with Crippen LogP contribution in [0.3, 0.4) is 0 Å². The maximum absolute atomic E-state index is 13.6. The quantitative estimate of drug-likeness (QED) is 0.178. The van der Waals surface area contributed by atoms with Gasteiger partial charge in [-0.1, -0.05) is 17.7 Å². The molecule has 2 aromatic carbocycles. The lowest BCUT2D eigenvalue weighted by Crippen LogP contribution is -2.49. The van der Waals surface area contributed by atoms with Crippen molar-refractivity contribution in [1.82, 2.24) is 29.9 Å². The van der Waals surface area contributed by atoms with Crippen LogP contribution in [0.5, 0.6) is 5.75 Å². The predicted molar refractivity (Wildman–Crippen MR) is 214 cm³/mol. The summed E-state index contributed by atoms with van der Waals surface area (Å²) in [6.45, 7) is 3.23. The second kappa shape index (κ2) is 16.6. The molecule has 1 spiro atoms. The molecule has 0 atom stereocenters. The molecule has 3 saturated heterocycles. The molecule has 306 valence electrons. The summed E-state index contributed by atoms with van der Waals surface area (Å²) in [6.07, 6.45) is 10.5. The Morgan fingerprint density at radius 2 is 1.74 bits per heavy atom. The van der Waals surface area contributed by atoms with Crippen LogP contribution in [0.4, 0.5) is 25.0 Å². The number of imide groups is 1. The largest absolute Gasteiger partial charge is 0.433 e. The molecular formula is C42H47ClF2N8O5. The highest BCUT2D eigenvalue weighted by Gasteiger charge is 2.40. The van der Waals surface area contributed by atoms with Crippen LogP contribution in [0.15, 0.2) is 54.7 Å². The minimum Gasteiger partial charge on any atom is -0.433 e. The highest BCUT2D eigenvalue weighted by molar-refractivity contribution is 6.34. The van der Waals surface area contributed by atoms with Gasteiger partial charge in [0.2, 0.25) is 5.91 Å². The van der Waals surface area contributed by atoms with Gasteiger partial charge in [0.25, 0.3) is 11.8 Å². The summed E-state index contributed by atoms with van der Waals surface area (Å²) >= 11 is 6.42. The van der Waals surface area contributed by atoms with E-state index in [1.165, 1.54) is 23.8 Å². The van der Waals surface area contributed by atoms with Gasteiger partial charge >= 0.3 is 12.6 Å². The predicted octanol–water partition coefficient (Wildman–Crippen LogP) is 7.44. The molecule has 2 aromatic heterocycles. The molecule has 4 aliphatic rings. The van der Waals surface area contributed by atoms with Crippen molar-refractivity contribution in [2.75, 3.05) is 49.5 Å². The van der Waals surface area contributed by atoms with Crippen molar-refractivity contribution >= 4 is 57.6 Å². The topological polar surface area (TPSA) is 142 Å². The smallest absolute Gasteiger partial charge is 0.387 e. The Bertz CT molecular complexity index is 2210. The zero-order chi connectivity index (χ0) is 40.6. The van der Waals surface area contributed by atoms with E-state index in [4.69, 9.17) is 21.4 Å². The minimum atomic E-state index is -3.07. The molecule has 4 aromatic rings. The third-order valence-corrected chi connectivity index (χ3v) is 12.8. The molecule has 5 heterocycles. The molecule has 1 aliphatic carbocycles. The van der Waals surface area contributed by atoms with Crippen molar-refractivity contribution in [2.24, 2.45) is 11.3 Å². The van der Waals surface area contributed by atoms with Crippen LogP contribution in [0.1, 0.15) is 90.4 Å². The zero-order valence-corrected chi connectivity index (χ0v) is 33.1. The Balaban J connectivity index is 0.817. The first-order chi connectivity index (χ1) is 27.9. The third-order valence-electron chi connectivity index (χ3n) is 12.5. The van der Waals surface area contributed by atoms with Gasteiger partial charge in [-0.05, 0) is 106 Å². The van der Waals surface area contributed by atoms with Gasteiger partial charge in [0.05, 0.1) is 28.0 Å². The zero-order valence-electron chi connectivity index (χ0n) is 32.4. The Morgan fingerprint density at radius 3 is 2.45 bits per heavy atom. The van der Waals surface area contributed by atoms with Crippen LogP contribution in [-0.2, 0) is 4.79 Å². The van der Waals surface area contributed by atoms with Crippen molar-refractivity contribution in [3.05, 3.63) is 76.7 Å². The lowest BCUT2D eigenvalue weighted by atomic mass is 9.65. The fourth-order valence-electron chi connectivity index (χ4n) is 9.12. The molecular weight excluding hydrogens is 770 g/mol. The fourth-order valence-corrected chi connectivity index (χ4v) is 9.34. The number of carbonyl (C=O) groups is 4. The highest BCUT2D eigenvalue weighted by atomic mass is 35.5. The second-order valence-corrected chi connectivity index (χ2v) is 16.6. The Kier molecular flexibility index (Phi) is 11.4. The lowest BCUT2D eigenvalue weighted by molar-refractivity contribution is -0.120. The van der Waals surface area contributed by atoms with Gasteiger partial charge in [-0.2, -0.15) is 13.9 Å². The number of anilines is 2. The highest BCUT2D eigenvalue weighted by Crippen LogP contribution is 2.47. The molecule has 3 aliphatic heterocycles. The summed E-state index contributed by atoms with van der Waals surface area (Å²) in [7, 11) is 0. The Labute approximate surface area is 340 Å². The van der Waals surface area contributed by atoms with Crippen molar-refractivity contribution in [2.45, 2.75) is 77.4 Å². The second-order valence-electron chi connectivity index (χ2n) is 16.2. The summed E-state index contributed by atoms with van der Waals surface area (Å²) in [5, 5.41) is 10.8. The molecule has 16 heteroatoms. The number of alkyl halides is 2. The lowest BCUT2D eigenvalue weighted by Gasteiger charge is -2.47. The number of hydrogen-bond acceptors (Lipinski definition) is 8. The number of amides is 5. The summed E-state index contributed by atoms with van der Waals surface area (Å²) in [5.74, 6) is -0.455. The van der Waals surface area contributed by atoms with Crippen LogP contribution < -0.4 is 20.3 Å². The van der Waals surface area contributed by atoms with Gasteiger partial charge in [0.15, 0.2) is 5.75 Å². The number of carbonyl (C=O) groups excluding carboxylic acids is 4. The van der Waals surface area contributed by atoms with Crippen molar-refractivity contribution < 1.29 is 32.7 Å². The molecule has 0 unspecified atom stereocenters. The van der Waals surface area contributed by atoms with Gasteiger partial charge in [0.1, 0.15) is 5.69 Å². The van der Waals surface area contributed by atoms with Crippen LogP contribution in [0, 0.1) is 18.3 Å². The molecule has 5 amide bonds. The van der Waals surface area contributed by atoms with E-state index < -0.39 is 18.5 Å². The number of pyridine rings is 1. The number of fused-ring (bicyclic) bond motifs is 1. The third kappa shape index (κ3) is 8.65. The monoisotopic (exact) mass is 816 g/mol. The van der Waals surface area contributed by atoms with Gasteiger partial charge < -0.3 is 19.9 Å². The van der Waals surface area contributed by atoms with E-state index in [0.717, 1.165) is 58.2 Å². The standard InChI is InChI=1S/C42H47ClF2N8O5/c1-26-3-2-4-32(46-26)38(55)47-34-21-29-25-53(49-33(29)23-36(34)58-40(44)45)30-9-16-50(17-10-30)24-27-7-12-42(13-8-27)14-19-51(20-15-42)39(56)28-5-6-31(43)35(22-28)52-18-11-37(54)48-41(52)57/h2-6,21-23,25,27,30,40H,7-20,24H2,1H3,(H,47,55)(H,48,54,57). The van der Waals surface area contributed by atoms with Gasteiger partial charge in [0, 0.05) is 74.6 Å². The first kappa shape index (κ1) is 39.7. The molecule has 2 N–H and O–H groups in total. The number of ether oxygens (including phenoxy) is 1. The number of rotatable bonds is 9. The number of aryl methyl sites for hydroxylation is 1. The van der Waals surface area contributed by atoms with E-state index in [-0.39, 0.29) is 53.4 Å². The van der Waals surface area contributed by atoms with E-state index in [9.17, 15) is 28.0 Å². The van der Waals surface area contributed by atoms with E-state index >= 15 is 0 Å². The molecule has 8 rings (SSSR count). The number of nitrogens with one attached hydrogen (secondary N) is 2. The molecule has 0 radical (unpaired) electrons. The molecule has 0 bridgehead atoms. The SMILES string of the molecule is Cc1cccc(C(=O)Nc2cc3cn(C4CCN(CC5CCC6(CC5)CCN(C(=O)c5ccc(Cl)c(N7CCC(=O)NC7=O)c5)CC6)CC4)nc3cc2OC(F)F)n1. The first-order valence-electron chi connectivity index (χ1n) is 20.1. The number of piperidine rings is 2. The Morgan fingerprint density at radius 1 is 0.983 bits per heavy atom. The van der Waals surface area contributed by atoms with Crippen molar-refractivity contribution in [3.63, 3.8) is 0 Å². The maximum atomic E-state index is 13.6. The molecule has 58 heavy (non-hydrogen) atoms. The first-order valence-corrected chi connectivity index (χ1v) is 20.4. The van der Waals surface area contributed by atoms with Gasteiger partial charge in [-0.15, -0.1) is 0 Å². The number of benzene rings is 2. The fraction of sp³-hybridized carbons (Fsp3) is 0.476. The maximum Gasteiger partial charge on any atom is 0.387 e. The number of aromatic nitrogens is 3. The molecule has 4 fully saturated rings. The molecule has 13 nitrogen and oxygen atoms in total. The average molecular weight is 817 g/mol. The average Bonchev–Trinajstić information content (AvgIpc) is 3.62. The number of nitrogens with zero attached hydrogens (tertiary/aromatic N) is 6. The van der Waals surface area contributed by atoms with E-state index in [1.54, 1.807) is 49.4 Å². The summed E-state index contributed by atoms with van der Waals surface area (Å²) in [4.78, 5) is 60.7. The Hall–Kier alpha value is -5.15. The van der Waals surface area contributed by atoms with Crippen molar-refractivity contribution in [3.8, 4) is 5.75 Å². The number of hydrogen-bond donors (Lipinski definition) is 2. The summed E-state index contributed by atoms with van der Waals surface area (Å²) < 4.78 is 33.5. The summed E-state index contributed by atoms with van der Waals surface area (Å²) in [6, 6.07) is 12.7. The number of likely N-dealkylation sites (tertiary alicyclic amines) is 2. The van der Waals surface area contributed by atoms with E-state index in [2.05, 4.69) is 20.5 Å². The van der Waals surface area contributed by atoms with Crippen LogP contribution in [0.2, 0.25) is 5.02 Å². The van der Waals surface area contributed by atoms with Crippen LogP contribution in [0.25, 0.3) is 10.9 Å². The number of halogens is 3. The van der Waals surface area contributed by atoms with E-state index in [0.29, 0.717) is 51.9 Å². The van der Waals surface area contributed by atoms with Crippen LogP contribution >= 0.6 is 11.6 Å². The summed E-state index contributed by atoms with van der Waals surface area (Å²) in [5.41, 5.74) is 2.64. The molecule has 1 saturated carbocycles. The normalized spacial score (nSPS) is 19.5. The minimum absolute atomic E-state index is 0.0722.